The molecule has 0 spiro atoms. The second-order valence-corrected chi connectivity index (χ2v) is 7.89. The number of nitrogens with zero attached hydrogens (tertiary/aromatic N) is 2. The fourth-order valence-corrected chi connectivity index (χ4v) is 4.14. The average molecular weight is 392 g/mol. The van der Waals surface area contributed by atoms with Gasteiger partial charge in [-0.1, -0.05) is 30.3 Å². The minimum Gasteiger partial charge on any atom is -0.462 e. The van der Waals surface area contributed by atoms with E-state index in [2.05, 4.69) is 0 Å². The maximum absolute atomic E-state index is 13.2. The van der Waals surface area contributed by atoms with E-state index in [1.54, 1.807) is 39.0 Å². The first-order valence-electron chi connectivity index (χ1n) is 8.16. The molecule has 0 bridgehead atoms. The second-order valence-electron chi connectivity index (χ2n) is 6.06. The number of nitro groups is 1. The largest absolute Gasteiger partial charge is 0.462 e. The monoisotopic (exact) mass is 392 g/mol. The lowest BCUT2D eigenvalue weighted by Crippen LogP contribution is -2.38. The Morgan fingerprint density at radius 1 is 1.15 bits per heavy atom. The first kappa shape index (κ1) is 20.4. The predicted molar refractivity (Wildman–Crippen MR) is 100 cm³/mol. The normalized spacial score (nSPS) is 11.3. The van der Waals surface area contributed by atoms with Crippen LogP contribution >= 0.6 is 0 Å². The van der Waals surface area contributed by atoms with E-state index in [1.165, 1.54) is 18.2 Å². The van der Waals surface area contributed by atoms with Crippen LogP contribution in [-0.4, -0.2) is 32.0 Å². The fraction of sp³-hybridized carbons (Fsp3) is 0.278. The summed E-state index contributed by atoms with van der Waals surface area (Å²) in [6, 6.07) is 11.6. The van der Waals surface area contributed by atoms with Crippen LogP contribution in [0.15, 0.2) is 53.4 Å². The van der Waals surface area contributed by atoms with Gasteiger partial charge in [0, 0.05) is 6.07 Å². The van der Waals surface area contributed by atoms with Crippen LogP contribution in [0, 0.1) is 17.0 Å². The number of carbonyl (C=O) groups is 1. The van der Waals surface area contributed by atoms with E-state index < -0.39 is 44.1 Å². The van der Waals surface area contributed by atoms with Crippen LogP contribution in [0.25, 0.3) is 0 Å². The van der Waals surface area contributed by atoms with Gasteiger partial charge in [-0.15, -0.1) is 0 Å². The van der Waals surface area contributed by atoms with E-state index in [9.17, 15) is 23.3 Å². The van der Waals surface area contributed by atoms with Crippen LogP contribution in [0.2, 0.25) is 0 Å². The predicted octanol–water partition coefficient (Wildman–Crippen LogP) is 3.05. The molecule has 2 rings (SSSR count). The van der Waals surface area contributed by atoms with Gasteiger partial charge in [-0.2, -0.15) is 0 Å². The molecule has 9 heteroatoms. The molecule has 2 aromatic carbocycles. The van der Waals surface area contributed by atoms with E-state index in [-0.39, 0.29) is 5.69 Å². The Labute approximate surface area is 157 Å². The van der Waals surface area contributed by atoms with Crippen molar-refractivity contribution in [3.05, 3.63) is 64.2 Å². The lowest BCUT2D eigenvalue weighted by molar-refractivity contribution is -0.387. The van der Waals surface area contributed by atoms with Gasteiger partial charge < -0.3 is 4.74 Å². The van der Waals surface area contributed by atoms with Crippen LogP contribution in [0.4, 0.5) is 11.4 Å². The van der Waals surface area contributed by atoms with E-state index in [4.69, 9.17) is 4.74 Å². The van der Waals surface area contributed by atoms with Crippen molar-refractivity contribution in [2.24, 2.45) is 0 Å². The summed E-state index contributed by atoms with van der Waals surface area (Å²) >= 11 is 0. The highest BCUT2D eigenvalue weighted by Gasteiger charge is 2.34. The van der Waals surface area contributed by atoms with E-state index in [1.807, 2.05) is 0 Å². The van der Waals surface area contributed by atoms with Gasteiger partial charge in [0.15, 0.2) is 4.90 Å². The molecule has 144 valence electrons. The minimum absolute atomic E-state index is 0.247. The highest BCUT2D eigenvalue weighted by atomic mass is 32.2. The van der Waals surface area contributed by atoms with Crippen molar-refractivity contribution < 1.29 is 22.9 Å². The zero-order valence-electron chi connectivity index (χ0n) is 15.2. The number of sulfonamides is 1. The van der Waals surface area contributed by atoms with Gasteiger partial charge in [0.2, 0.25) is 0 Å². The smallest absolute Gasteiger partial charge is 0.327 e. The van der Waals surface area contributed by atoms with Crippen LogP contribution in [-0.2, 0) is 19.6 Å². The van der Waals surface area contributed by atoms with Gasteiger partial charge in [0.05, 0.1) is 16.7 Å². The fourth-order valence-electron chi connectivity index (χ4n) is 2.51. The summed E-state index contributed by atoms with van der Waals surface area (Å²) in [5.41, 5.74) is 0.279. The number of aryl methyl sites for hydroxylation is 1. The molecule has 0 fully saturated rings. The number of carbonyl (C=O) groups excluding carboxylic acids is 1. The highest BCUT2D eigenvalue weighted by Crippen LogP contribution is 2.31. The summed E-state index contributed by atoms with van der Waals surface area (Å²) in [7, 11) is -4.39. The summed E-state index contributed by atoms with van der Waals surface area (Å²) in [5.74, 6) is -0.754. The van der Waals surface area contributed by atoms with Gasteiger partial charge in [-0.3, -0.25) is 19.2 Å². The Morgan fingerprint density at radius 2 is 1.74 bits per heavy atom. The van der Waals surface area contributed by atoms with Crippen molar-refractivity contribution in [1.29, 1.82) is 0 Å². The van der Waals surface area contributed by atoms with Crippen LogP contribution in [0.3, 0.4) is 0 Å². The Kier molecular flexibility index (Phi) is 6.17. The standard InChI is InChI=1S/C18H20N2O6S/c1-13(2)26-18(21)12-19(15-9-5-4-8-14(15)3)27(24,25)17-11-7-6-10-16(17)20(22)23/h4-11,13H,12H2,1-3H3. The molecular weight excluding hydrogens is 372 g/mol. The molecule has 0 radical (unpaired) electrons. The number of nitro benzene ring substituents is 1. The molecule has 0 N–H and O–H groups in total. The van der Waals surface area contributed by atoms with Gasteiger partial charge >= 0.3 is 5.97 Å². The first-order valence-corrected chi connectivity index (χ1v) is 9.60. The van der Waals surface area contributed by atoms with E-state index in [0.717, 1.165) is 16.4 Å². The molecule has 27 heavy (non-hydrogen) atoms. The van der Waals surface area contributed by atoms with Gasteiger partial charge in [-0.05, 0) is 38.5 Å². The number of para-hydroxylation sites is 2. The molecular formula is C18H20N2O6S. The van der Waals surface area contributed by atoms with Gasteiger partial charge in [0.25, 0.3) is 15.7 Å². The SMILES string of the molecule is Cc1ccccc1N(CC(=O)OC(C)C)S(=O)(=O)c1ccccc1[N+](=O)[O-]. The lowest BCUT2D eigenvalue weighted by Gasteiger charge is -2.25. The molecule has 0 heterocycles. The zero-order valence-corrected chi connectivity index (χ0v) is 16.0. The third-order valence-electron chi connectivity index (χ3n) is 3.65. The lowest BCUT2D eigenvalue weighted by atomic mass is 10.2. The summed E-state index contributed by atoms with van der Waals surface area (Å²) in [6.07, 6.45) is -0.426. The third kappa shape index (κ3) is 4.62. The van der Waals surface area contributed by atoms with Crippen molar-refractivity contribution in [2.75, 3.05) is 10.8 Å². The van der Waals surface area contributed by atoms with E-state index in [0.29, 0.717) is 5.56 Å². The Hall–Kier alpha value is -2.94. The third-order valence-corrected chi connectivity index (χ3v) is 5.46. The van der Waals surface area contributed by atoms with E-state index >= 15 is 0 Å². The van der Waals surface area contributed by atoms with Crippen molar-refractivity contribution >= 4 is 27.4 Å². The summed E-state index contributed by atoms with van der Waals surface area (Å²) in [4.78, 5) is 22.2. The number of hydrogen-bond donors (Lipinski definition) is 0. The maximum atomic E-state index is 13.2. The molecule has 0 atom stereocenters. The van der Waals surface area contributed by atoms with Gasteiger partial charge in [0.1, 0.15) is 6.54 Å². The van der Waals surface area contributed by atoms with Crippen LogP contribution in [0.5, 0.6) is 0 Å². The molecule has 2 aromatic rings. The minimum atomic E-state index is -4.39. The number of rotatable bonds is 7. The van der Waals surface area contributed by atoms with Crippen LogP contribution < -0.4 is 4.31 Å². The molecule has 0 aliphatic carbocycles. The average Bonchev–Trinajstić information content (AvgIpc) is 2.59. The van der Waals surface area contributed by atoms with Crippen molar-refractivity contribution in [1.82, 2.24) is 0 Å². The van der Waals surface area contributed by atoms with Crippen molar-refractivity contribution in [3.63, 3.8) is 0 Å². The van der Waals surface area contributed by atoms with Gasteiger partial charge in [-0.25, -0.2) is 8.42 Å². The van der Waals surface area contributed by atoms with Crippen molar-refractivity contribution in [3.8, 4) is 0 Å². The summed E-state index contributed by atoms with van der Waals surface area (Å²) < 4.78 is 32.4. The number of ether oxygens (including phenoxy) is 1. The molecule has 0 saturated heterocycles. The highest BCUT2D eigenvalue weighted by molar-refractivity contribution is 7.93. The molecule has 0 aliphatic rings. The quantitative estimate of drug-likeness (QED) is 0.407. The topological polar surface area (TPSA) is 107 Å². The summed E-state index contributed by atoms with van der Waals surface area (Å²) in [6.45, 7) is 4.38. The molecule has 0 amide bonds. The maximum Gasteiger partial charge on any atom is 0.327 e. The Morgan fingerprint density at radius 3 is 2.33 bits per heavy atom. The molecule has 0 unspecified atom stereocenters. The molecule has 0 aliphatic heterocycles. The number of hydrogen-bond acceptors (Lipinski definition) is 6. The van der Waals surface area contributed by atoms with Crippen molar-refractivity contribution in [2.45, 2.75) is 31.8 Å². The molecule has 8 nitrogen and oxygen atoms in total. The molecule has 0 aromatic heterocycles. The Bertz CT molecular complexity index is 956. The number of esters is 1. The first-order chi connectivity index (χ1) is 12.6. The number of benzene rings is 2. The Balaban J connectivity index is 2.61. The summed E-state index contributed by atoms with van der Waals surface area (Å²) in [5, 5.41) is 11.3. The zero-order chi connectivity index (χ0) is 20.2. The molecule has 0 saturated carbocycles. The second kappa shape index (κ2) is 8.17. The number of anilines is 1. The van der Waals surface area contributed by atoms with Crippen LogP contribution in [0.1, 0.15) is 19.4 Å².